The van der Waals surface area contributed by atoms with E-state index in [0.29, 0.717) is 0 Å². The van der Waals surface area contributed by atoms with Crippen LogP contribution in [-0.4, -0.2) is 17.7 Å². The zero-order chi connectivity index (χ0) is 30.5. The third kappa shape index (κ3) is 23.2. The van der Waals surface area contributed by atoms with Gasteiger partial charge in [0.15, 0.2) is 0 Å². The van der Waals surface area contributed by atoms with Crippen molar-refractivity contribution in [3.8, 4) is 0 Å². The van der Waals surface area contributed by atoms with Gasteiger partial charge in [-0.15, -0.1) is 0 Å². The van der Waals surface area contributed by atoms with Crippen LogP contribution in [0.25, 0.3) is 0 Å². The number of hydrogen-bond donors (Lipinski definition) is 1. The van der Waals surface area contributed by atoms with E-state index in [1.807, 2.05) is 0 Å². The fraction of sp³-hybridized carbons (Fsp3) is 1.00. The fourth-order valence-electron chi connectivity index (χ4n) is 7.36. The van der Waals surface area contributed by atoms with Crippen molar-refractivity contribution in [2.24, 2.45) is 0 Å². The van der Waals surface area contributed by atoms with Crippen molar-refractivity contribution in [2.45, 2.75) is 250 Å². The molecule has 1 aliphatic heterocycles. The highest BCUT2D eigenvalue weighted by molar-refractivity contribution is 5.12. The predicted molar refractivity (Wildman–Crippen MR) is 188 cm³/mol. The summed E-state index contributed by atoms with van der Waals surface area (Å²) in [6, 6.07) is 0. The second kappa shape index (κ2) is 30.8. The lowest BCUT2D eigenvalue weighted by Gasteiger charge is -2.16. The molecule has 0 aliphatic carbocycles. The molecule has 1 heterocycles. The highest BCUT2D eigenvalue weighted by atomic mass is 35.5. The Labute approximate surface area is 279 Å². The zero-order valence-electron chi connectivity index (χ0n) is 30.2. The first-order chi connectivity index (χ1) is 20.6. The third-order valence-corrected chi connectivity index (χ3v) is 10.7. The fourth-order valence-corrected chi connectivity index (χ4v) is 7.36. The van der Waals surface area contributed by atoms with Crippen molar-refractivity contribution >= 4 is 0 Å². The number of hydrogen-bond acceptors (Lipinski definition) is 1. The Bertz CT molecular complexity index is 519. The summed E-state index contributed by atoms with van der Waals surface area (Å²) in [7, 11) is 0. The quantitative estimate of drug-likeness (QED) is 0.0551. The molecule has 0 aromatic heterocycles. The average Bonchev–Trinajstić information content (AvgIpc) is 3.60. The molecule has 1 rings (SSSR count). The van der Waals surface area contributed by atoms with E-state index in [1.165, 1.54) is 218 Å². The minimum Gasteiger partial charge on any atom is -1.00 e. The van der Waals surface area contributed by atoms with Crippen LogP contribution in [0.1, 0.15) is 239 Å². The normalized spacial score (nSPS) is 17.3. The van der Waals surface area contributed by atoms with Gasteiger partial charge in [-0.05, 0) is 19.8 Å². The molecular formula is C40H82ClNO. The summed E-state index contributed by atoms with van der Waals surface area (Å²) in [6.45, 7) is 7.88. The second-order valence-electron chi connectivity index (χ2n) is 14.7. The van der Waals surface area contributed by atoms with Gasteiger partial charge in [-0.3, -0.25) is 0 Å². The van der Waals surface area contributed by atoms with Gasteiger partial charge in [-0.2, -0.15) is 0 Å². The first-order valence-electron chi connectivity index (χ1n) is 20.1. The smallest absolute Gasteiger partial charge is 0.143 e. The lowest BCUT2D eigenvalue weighted by Crippen LogP contribution is -3.00. The molecule has 1 saturated heterocycles. The minimum atomic E-state index is 0. The molecule has 3 N–H and O–H groups in total. The molecule has 43 heavy (non-hydrogen) atoms. The van der Waals surface area contributed by atoms with Crippen molar-refractivity contribution in [2.75, 3.05) is 6.54 Å². The van der Waals surface area contributed by atoms with E-state index in [9.17, 15) is 0 Å². The molecule has 0 spiro atoms. The van der Waals surface area contributed by atoms with E-state index < -0.39 is 0 Å². The highest BCUT2D eigenvalue weighted by Crippen LogP contribution is 2.53. The van der Waals surface area contributed by atoms with Gasteiger partial charge in [-0.1, -0.05) is 219 Å². The Morgan fingerprint density at radius 3 is 0.767 bits per heavy atom. The van der Waals surface area contributed by atoms with Gasteiger partial charge in [0, 0.05) is 0 Å². The van der Waals surface area contributed by atoms with Crippen LogP contribution < -0.4 is 18.1 Å². The van der Waals surface area contributed by atoms with E-state index in [1.54, 1.807) is 0 Å². The van der Waals surface area contributed by atoms with Gasteiger partial charge in [0.2, 0.25) is 0 Å². The lowest BCUT2D eigenvalue weighted by atomic mass is 9.84. The van der Waals surface area contributed by atoms with Crippen LogP contribution >= 0.6 is 0 Å². The van der Waals surface area contributed by atoms with Gasteiger partial charge in [-0.25, -0.2) is 0 Å². The van der Waals surface area contributed by atoms with Crippen LogP contribution in [0.2, 0.25) is 0 Å². The molecule has 1 atom stereocenters. The van der Waals surface area contributed by atoms with Crippen molar-refractivity contribution < 1.29 is 22.9 Å². The maximum atomic E-state index is 6.43. The molecule has 0 bridgehead atoms. The topological polar surface area (TPSA) is 40.2 Å². The highest BCUT2D eigenvalue weighted by Gasteiger charge is 2.66. The molecule has 1 aliphatic rings. The second-order valence-corrected chi connectivity index (χ2v) is 14.7. The van der Waals surface area contributed by atoms with Crippen LogP contribution in [0.5, 0.6) is 0 Å². The number of halogens is 1. The Hall–Kier alpha value is 0.210. The van der Waals surface area contributed by atoms with Crippen LogP contribution in [0.15, 0.2) is 0 Å². The van der Waals surface area contributed by atoms with Gasteiger partial charge < -0.3 is 22.9 Å². The summed E-state index contributed by atoms with van der Waals surface area (Å²) < 4.78 is 6.43. The van der Waals surface area contributed by atoms with E-state index in [2.05, 4.69) is 26.5 Å². The van der Waals surface area contributed by atoms with Gasteiger partial charge >= 0.3 is 0 Å². The molecule has 1 fully saturated rings. The molecular weight excluding hydrogens is 546 g/mol. The average molecular weight is 629 g/mol. The summed E-state index contributed by atoms with van der Waals surface area (Å²) in [5.41, 5.74) is 4.47. The third-order valence-electron chi connectivity index (χ3n) is 10.7. The van der Waals surface area contributed by atoms with Crippen LogP contribution in [0.3, 0.4) is 0 Å². The van der Waals surface area contributed by atoms with E-state index in [0.717, 1.165) is 6.54 Å². The maximum Gasteiger partial charge on any atom is 0.143 e. The van der Waals surface area contributed by atoms with E-state index >= 15 is 0 Å². The number of unbranched alkanes of at least 4 members (excludes halogenated alkanes) is 30. The van der Waals surface area contributed by atoms with E-state index in [-0.39, 0.29) is 23.6 Å². The van der Waals surface area contributed by atoms with Crippen molar-refractivity contribution in [1.82, 2.24) is 0 Å². The summed E-state index contributed by atoms with van der Waals surface area (Å²) >= 11 is 0. The molecule has 3 heteroatoms. The molecule has 0 amide bonds. The van der Waals surface area contributed by atoms with Crippen molar-refractivity contribution in [3.05, 3.63) is 0 Å². The van der Waals surface area contributed by atoms with Crippen LogP contribution in [-0.2, 0) is 4.74 Å². The zero-order valence-corrected chi connectivity index (χ0v) is 31.0. The monoisotopic (exact) mass is 628 g/mol. The summed E-state index contributed by atoms with van der Waals surface area (Å²) in [4.78, 5) is 0. The molecule has 0 saturated carbocycles. The molecule has 2 nitrogen and oxygen atoms in total. The molecule has 1 unspecified atom stereocenters. The maximum absolute atomic E-state index is 6.43. The van der Waals surface area contributed by atoms with Crippen molar-refractivity contribution in [1.29, 1.82) is 0 Å². The predicted octanol–water partition coefficient (Wildman–Crippen LogP) is 10.1. The Kier molecular flexibility index (Phi) is 31.0. The largest absolute Gasteiger partial charge is 1.00 e. The summed E-state index contributed by atoms with van der Waals surface area (Å²) in [5.74, 6) is 0. The van der Waals surface area contributed by atoms with Crippen LogP contribution in [0.4, 0.5) is 0 Å². The lowest BCUT2D eigenvalue weighted by molar-refractivity contribution is -0.379. The van der Waals surface area contributed by atoms with Gasteiger partial charge in [0.1, 0.15) is 17.7 Å². The Morgan fingerprint density at radius 1 is 0.372 bits per heavy atom. The van der Waals surface area contributed by atoms with Crippen LogP contribution in [0, 0.1) is 0 Å². The SMILES string of the molecule is CCCCCCCCCCCCCCCCCCC1(CCCCCCCCCCCCCCCCCC)OC1(C)C[NH3+].[Cl-]. The number of epoxide rings is 1. The van der Waals surface area contributed by atoms with E-state index in [4.69, 9.17) is 4.74 Å². The Balaban J connectivity index is 0.0000176. The molecule has 0 aromatic carbocycles. The molecule has 0 radical (unpaired) electrons. The first-order valence-corrected chi connectivity index (χ1v) is 20.1. The van der Waals surface area contributed by atoms with Gasteiger partial charge in [0.05, 0.1) is 0 Å². The van der Waals surface area contributed by atoms with Gasteiger partial charge in [0.25, 0.3) is 0 Å². The minimum absolute atomic E-state index is 0. The number of ether oxygens (including phenoxy) is 1. The number of quaternary nitrogens is 1. The first kappa shape index (κ1) is 43.2. The summed E-state index contributed by atoms with van der Waals surface area (Å²) in [6.07, 6.45) is 48.7. The number of rotatable bonds is 35. The molecule has 0 aromatic rings. The Morgan fingerprint density at radius 2 is 0.581 bits per heavy atom. The standard InChI is InChI=1S/C40H81NO.ClH/c1-4-6-8-10-12-14-16-18-20-22-24-26-28-30-32-34-36-40(39(3,38-41)42-40)37-35-33-31-29-27-25-23-21-19-17-15-13-11-9-7-5-2;/h4-38,41H2,1-3H3;1H. The molecule has 260 valence electrons. The van der Waals surface area contributed by atoms with Crippen molar-refractivity contribution in [3.63, 3.8) is 0 Å². The summed E-state index contributed by atoms with van der Waals surface area (Å²) in [5, 5.41) is 0.